The minimum absolute atomic E-state index is 0.240. The summed E-state index contributed by atoms with van der Waals surface area (Å²) in [4.78, 5) is 17.3. The second-order valence-electron chi connectivity index (χ2n) is 2.93. The van der Waals surface area contributed by atoms with Gasteiger partial charge in [0.2, 0.25) is 5.78 Å². The van der Waals surface area contributed by atoms with Crippen LogP contribution in [0.15, 0.2) is 18.5 Å². The first kappa shape index (κ1) is 10.4. The number of halogens is 3. The van der Waals surface area contributed by atoms with Crippen molar-refractivity contribution in [1.29, 1.82) is 0 Å². The molecule has 0 aliphatic carbocycles. The Balaban J connectivity index is 2.62. The number of carboxylic acids is 1. The van der Waals surface area contributed by atoms with E-state index in [0.717, 1.165) is 16.8 Å². The molecule has 0 aliphatic heterocycles. The molecule has 0 unspecified atom stereocenters. The van der Waals surface area contributed by atoms with Gasteiger partial charge in [-0.05, 0) is 6.07 Å². The van der Waals surface area contributed by atoms with Crippen LogP contribution in [0.1, 0.15) is 16.2 Å². The van der Waals surface area contributed by atoms with Gasteiger partial charge in [0.05, 0.1) is 6.20 Å². The maximum Gasteiger partial charge on any atom is 0.433 e. The second kappa shape index (κ2) is 3.19. The molecule has 2 heterocycles. The summed E-state index contributed by atoms with van der Waals surface area (Å²) in [6.07, 6.45) is -2.65. The average molecular weight is 231 g/mol. The van der Waals surface area contributed by atoms with Gasteiger partial charge >= 0.3 is 12.1 Å². The van der Waals surface area contributed by atoms with Gasteiger partial charge in [-0.25, -0.2) is 14.8 Å². The molecule has 0 atom stereocenters. The van der Waals surface area contributed by atoms with E-state index >= 15 is 0 Å². The highest BCUT2D eigenvalue weighted by Crippen LogP contribution is 2.27. The quantitative estimate of drug-likeness (QED) is 0.806. The van der Waals surface area contributed by atoms with Crippen LogP contribution in [0, 0.1) is 0 Å². The van der Waals surface area contributed by atoms with Crippen LogP contribution in [-0.2, 0) is 6.18 Å². The summed E-state index contributed by atoms with van der Waals surface area (Å²) in [6, 6.07) is 0.696. The summed E-state index contributed by atoms with van der Waals surface area (Å²) < 4.78 is 37.8. The fraction of sp³-hybridized carbons (Fsp3) is 0.125. The molecule has 0 radical (unpaired) electrons. The Bertz CT molecular complexity index is 561. The van der Waals surface area contributed by atoms with Crippen molar-refractivity contribution in [2.75, 3.05) is 0 Å². The first-order valence-electron chi connectivity index (χ1n) is 4.04. The summed E-state index contributed by atoms with van der Waals surface area (Å²) in [5.74, 6) is -1.58. The number of imidazole rings is 1. The van der Waals surface area contributed by atoms with Crippen molar-refractivity contribution in [3.8, 4) is 0 Å². The van der Waals surface area contributed by atoms with Crippen LogP contribution in [0.25, 0.3) is 5.78 Å². The van der Waals surface area contributed by atoms with E-state index in [-0.39, 0.29) is 11.5 Å². The molecular weight excluding hydrogens is 227 g/mol. The predicted octanol–water partition coefficient (Wildman–Crippen LogP) is 1.45. The lowest BCUT2D eigenvalue weighted by molar-refractivity contribution is -0.141. The van der Waals surface area contributed by atoms with Gasteiger partial charge < -0.3 is 5.11 Å². The van der Waals surface area contributed by atoms with E-state index in [1.807, 2.05) is 0 Å². The number of rotatable bonds is 1. The molecule has 2 aromatic rings. The van der Waals surface area contributed by atoms with E-state index in [0.29, 0.717) is 6.07 Å². The van der Waals surface area contributed by atoms with Crippen LogP contribution >= 0.6 is 0 Å². The van der Waals surface area contributed by atoms with Crippen molar-refractivity contribution in [2.24, 2.45) is 0 Å². The van der Waals surface area contributed by atoms with Crippen LogP contribution < -0.4 is 0 Å². The number of carboxylic acid groups (broad SMARTS) is 1. The minimum atomic E-state index is -4.57. The van der Waals surface area contributed by atoms with E-state index < -0.39 is 17.8 Å². The molecule has 0 spiro atoms. The largest absolute Gasteiger partial charge is 0.477 e. The molecule has 2 rings (SSSR count). The topological polar surface area (TPSA) is 67.5 Å². The summed E-state index contributed by atoms with van der Waals surface area (Å²) in [5.41, 5.74) is -1.35. The molecule has 0 saturated heterocycles. The monoisotopic (exact) mass is 231 g/mol. The Morgan fingerprint density at radius 3 is 2.69 bits per heavy atom. The third-order valence-electron chi connectivity index (χ3n) is 1.89. The van der Waals surface area contributed by atoms with E-state index in [1.54, 1.807) is 0 Å². The zero-order valence-electron chi connectivity index (χ0n) is 7.56. The Morgan fingerprint density at radius 1 is 1.44 bits per heavy atom. The summed E-state index contributed by atoms with van der Waals surface area (Å²) in [5, 5.41) is 8.69. The van der Waals surface area contributed by atoms with E-state index in [1.165, 1.54) is 0 Å². The fourth-order valence-corrected chi connectivity index (χ4v) is 1.19. The predicted molar refractivity (Wildman–Crippen MR) is 44.9 cm³/mol. The van der Waals surface area contributed by atoms with Crippen LogP contribution in [0.5, 0.6) is 0 Å². The van der Waals surface area contributed by atoms with Gasteiger partial charge in [-0.3, -0.25) is 4.40 Å². The molecule has 0 amide bonds. The highest BCUT2D eigenvalue weighted by molar-refractivity contribution is 5.86. The van der Waals surface area contributed by atoms with Crippen LogP contribution in [-0.4, -0.2) is 25.4 Å². The molecule has 16 heavy (non-hydrogen) atoms. The number of alkyl halides is 3. The smallest absolute Gasteiger partial charge is 0.433 e. The van der Waals surface area contributed by atoms with Gasteiger partial charge in [0, 0.05) is 6.20 Å². The third-order valence-corrected chi connectivity index (χ3v) is 1.89. The molecule has 0 aromatic carbocycles. The number of aromatic carboxylic acids is 1. The highest BCUT2D eigenvalue weighted by atomic mass is 19.4. The summed E-state index contributed by atoms with van der Waals surface area (Å²) in [7, 11) is 0. The second-order valence-corrected chi connectivity index (χ2v) is 2.93. The van der Waals surface area contributed by atoms with Crippen molar-refractivity contribution in [3.05, 3.63) is 29.8 Å². The molecule has 1 N–H and O–H groups in total. The van der Waals surface area contributed by atoms with Crippen LogP contribution in [0.2, 0.25) is 0 Å². The maximum atomic E-state index is 12.3. The Morgan fingerprint density at radius 2 is 2.12 bits per heavy atom. The molecular formula is C8H4F3N3O2. The lowest BCUT2D eigenvalue weighted by Gasteiger charge is -2.05. The van der Waals surface area contributed by atoms with E-state index in [4.69, 9.17) is 5.11 Å². The number of hydrogen-bond donors (Lipinski definition) is 1. The van der Waals surface area contributed by atoms with Gasteiger partial charge in [0.25, 0.3) is 0 Å². The lowest BCUT2D eigenvalue weighted by Crippen LogP contribution is -2.10. The number of aromatic nitrogens is 3. The highest BCUT2D eigenvalue weighted by Gasteiger charge is 2.33. The summed E-state index contributed by atoms with van der Waals surface area (Å²) >= 11 is 0. The average Bonchev–Trinajstić information content (AvgIpc) is 2.58. The van der Waals surface area contributed by atoms with E-state index in [2.05, 4.69) is 9.97 Å². The normalized spacial score (nSPS) is 11.9. The fourth-order valence-electron chi connectivity index (χ4n) is 1.19. The maximum absolute atomic E-state index is 12.3. The number of fused-ring (bicyclic) bond motifs is 1. The summed E-state index contributed by atoms with van der Waals surface area (Å²) in [6.45, 7) is 0. The third kappa shape index (κ3) is 1.58. The molecule has 2 aromatic heterocycles. The SMILES string of the molecule is O=C(O)c1cnc2nc(C(F)(F)F)ccn12. The van der Waals surface area contributed by atoms with Gasteiger partial charge in [-0.2, -0.15) is 13.2 Å². The molecule has 0 saturated carbocycles. The Kier molecular flexibility index (Phi) is 2.07. The molecule has 0 fully saturated rings. The number of hydrogen-bond acceptors (Lipinski definition) is 3. The zero-order valence-corrected chi connectivity index (χ0v) is 7.56. The Labute approximate surface area is 86.2 Å². The van der Waals surface area contributed by atoms with Gasteiger partial charge in [-0.15, -0.1) is 0 Å². The van der Waals surface area contributed by atoms with Crippen molar-refractivity contribution < 1.29 is 23.1 Å². The van der Waals surface area contributed by atoms with Gasteiger partial charge in [0.15, 0.2) is 5.69 Å². The van der Waals surface area contributed by atoms with Gasteiger partial charge in [0.1, 0.15) is 5.69 Å². The van der Waals surface area contributed by atoms with Crippen molar-refractivity contribution in [3.63, 3.8) is 0 Å². The standard InChI is InChI=1S/C8H4F3N3O2/c9-8(10,11)5-1-2-14-4(6(15)16)3-12-7(14)13-5/h1-3H,(H,15,16). The minimum Gasteiger partial charge on any atom is -0.477 e. The van der Waals surface area contributed by atoms with Crippen molar-refractivity contribution in [1.82, 2.24) is 14.4 Å². The van der Waals surface area contributed by atoms with Crippen LogP contribution in [0.3, 0.4) is 0 Å². The molecule has 5 nitrogen and oxygen atoms in total. The molecule has 0 bridgehead atoms. The first-order chi connectivity index (χ1) is 7.39. The molecule has 8 heteroatoms. The zero-order chi connectivity index (χ0) is 11.9. The van der Waals surface area contributed by atoms with Crippen molar-refractivity contribution in [2.45, 2.75) is 6.18 Å². The van der Waals surface area contributed by atoms with E-state index in [9.17, 15) is 18.0 Å². The first-order valence-corrected chi connectivity index (χ1v) is 4.04. The molecule has 0 aliphatic rings. The number of nitrogens with zero attached hydrogens (tertiary/aromatic N) is 3. The van der Waals surface area contributed by atoms with Gasteiger partial charge in [-0.1, -0.05) is 0 Å². The number of carbonyl (C=O) groups is 1. The Hall–Kier alpha value is -2.12. The lowest BCUT2D eigenvalue weighted by atomic mass is 10.4. The van der Waals surface area contributed by atoms with Crippen molar-refractivity contribution >= 4 is 11.7 Å². The van der Waals surface area contributed by atoms with Crippen LogP contribution in [0.4, 0.5) is 13.2 Å². The molecule has 84 valence electrons.